The molecule has 0 heterocycles. The molecular weight excluding hydrogens is 216 g/mol. The Hall–Kier alpha value is -0.470. The van der Waals surface area contributed by atoms with Gasteiger partial charge in [-0.15, -0.1) is 0 Å². The second-order valence-electron chi connectivity index (χ2n) is 4.78. The van der Waals surface area contributed by atoms with Crippen LogP contribution in [-0.4, -0.2) is 22.7 Å². The minimum Gasteiger partial charge on any atom is -0.392 e. The van der Waals surface area contributed by atoms with Crippen molar-refractivity contribution < 1.29 is 5.11 Å². The van der Waals surface area contributed by atoms with Crippen LogP contribution in [0.3, 0.4) is 0 Å². The molecule has 1 nitrogen and oxygen atoms in total. The summed E-state index contributed by atoms with van der Waals surface area (Å²) in [5.41, 5.74) is 2.50. The highest BCUT2D eigenvalue weighted by molar-refractivity contribution is 7.99. The Kier molecular flexibility index (Phi) is 5.93. The molecule has 1 unspecified atom stereocenters. The standard InChI is InChI=1S/C14H22OS/c1-11(2)9-16-10-14(15)8-13-6-4-5-12(3)7-13/h4-7,11,14-15H,8-10H2,1-3H3. The van der Waals surface area contributed by atoms with E-state index >= 15 is 0 Å². The number of benzene rings is 1. The summed E-state index contributed by atoms with van der Waals surface area (Å²) in [6.07, 6.45) is 0.554. The highest BCUT2D eigenvalue weighted by atomic mass is 32.2. The van der Waals surface area contributed by atoms with E-state index in [9.17, 15) is 5.11 Å². The van der Waals surface area contributed by atoms with E-state index in [1.165, 1.54) is 11.1 Å². The van der Waals surface area contributed by atoms with Crippen molar-refractivity contribution in [2.24, 2.45) is 5.92 Å². The number of thioether (sulfide) groups is 1. The molecule has 16 heavy (non-hydrogen) atoms. The molecule has 2 heteroatoms. The molecule has 0 radical (unpaired) electrons. The van der Waals surface area contributed by atoms with Crippen LogP contribution in [0.4, 0.5) is 0 Å². The zero-order valence-electron chi connectivity index (χ0n) is 10.4. The molecule has 1 aromatic rings. The van der Waals surface area contributed by atoms with E-state index in [2.05, 4.69) is 45.0 Å². The third-order valence-corrected chi connectivity index (χ3v) is 3.84. The van der Waals surface area contributed by atoms with Crippen LogP contribution >= 0.6 is 11.8 Å². The Bertz CT molecular complexity index is 309. The van der Waals surface area contributed by atoms with Crippen molar-refractivity contribution in [3.05, 3.63) is 35.4 Å². The maximum absolute atomic E-state index is 9.89. The van der Waals surface area contributed by atoms with Crippen molar-refractivity contribution >= 4 is 11.8 Å². The van der Waals surface area contributed by atoms with E-state index in [4.69, 9.17) is 0 Å². The van der Waals surface area contributed by atoms with Crippen LogP contribution in [-0.2, 0) is 6.42 Å². The molecule has 0 aliphatic carbocycles. The third kappa shape index (κ3) is 5.57. The minimum atomic E-state index is -0.217. The van der Waals surface area contributed by atoms with Crippen LogP contribution in [0.2, 0.25) is 0 Å². The predicted octanol–water partition coefficient (Wildman–Crippen LogP) is 3.29. The molecule has 0 bridgehead atoms. The molecule has 1 N–H and O–H groups in total. The lowest BCUT2D eigenvalue weighted by Crippen LogP contribution is -2.14. The number of aliphatic hydroxyl groups excluding tert-OH is 1. The SMILES string of the molecule is Cc1cccc(CC(O)CSCC(C)C)c1. The Morgan fingerprint density at radius 1 is 1.25 bits per heavy atom. The van der Waals surface area contributed by atoms with Gasteiger partial charge in [0, 0.05) is 5.75 Å². The Morgan fingerprint density at radius 3 is 2.62 bits per heavy atom. The molecule has 0 aliphatic heterocycles. The van der Waals surface area contributed by atoms with E-state index in [1.807, 2.05) is 11.8 Å². The first-order valence-electron chi connectivity index (χ1n) is 5.89. The first-order valence-corrected chi connectivity index (χ1v) is 7.04. The van der Waals surface area contributed by atoms with E-state index in [0.717, 1.165) is 17.9 Å². The first kappa shape index (κ1) is 13.6. The van der Waals surface area contributed by atoms with Crippen LogP contribution in [0.5, 0.6) is 0 Å². The average Bonchev–Trinajstić information content (AvgIpc) is 2.16. The highest BCUT2D eigenvalue weighted by Gasteiger charge is 2.06. The maximum Gasteiger partial charge on any atom is 0.0670 e. The summed E-state index contributed by atoms with van der Waals surface area (Å²) in [6.45, 7) is 6.50. The van der Waals surface area contributed by atoms with Gasteiger partial charge in [0.2, 0.25) is 0 Å². The normalized spacial score (nSPS) is 13.1. The molecule has 1 atom stereocenters. The monoisotopic (exact) mass is 238 g/mol. The largest absolute Gasteiger partial charge is 0.392 e. The van der Waals surface area contributed by atoms with Gasteiger partial charge in [-0.2, -0.15) is 11.8 Å². The average molecular weight is 238 g/mol. The van der Waals surface area contributed by atoms with Gasteiger partial charge in [-0.3, -0.25) is 0 Å². The summed E-state index contributed by atoms with van der Waals surface area (Å²) in [5.74, 6) is 2.67. The van der Waals surface area contributed by atoms with Gasteiger partial charge in [-0.25, -0.2) is 0 Å². The minimum absolute atomic E-state index is 0.217. The summed E-state index contributed by atoms with van der Waals surface area (Å²) in [5, 5.41) is 9.89. The fraction of sp³-hybridized carbons (Fsp3) is 0.571. The molecule has 1 rings (SSSR count). The summed E-state index contributed by atoms with van der Waals surface area (Å²) in [4.78, 5) is 0. The van der Waals surface area contributed by atoms with Crippen LogP contribution in [0, 0.1) is 12.8 Å². The Labute approximate surface area is 103 Å². The van der Waals surface area contributed by atoms with Crippen LogP contribution in [0.15, 0.2) is 24.3 Å². The smallest absolute Gasteiger partial charge is 0.0670 e. The zero-order valence-corrected chi connectivity index (χ0v) is 11.3. The lowest BCUT2D eigenvalue weighted by molar-refractivity contribution is 0.200. The van der Waals surface area contributed by atoms with Crippen molar-refractivity contribution in [2.75, 3.05) is 11.5 Å². The zero-order chi connectivity index (χ0) is 12.0. The predicted molar refractivity (Wildman–Crippen MR) is 73.1 cm³/mol. The lowest BCUT2D eigenvalue weighted by atomic mass is 10.1. The lowest BCUT2D eigenvalue weighted by Gasteiger charge is -2.11. The van der Waals surface area contributed by atoms with Gasteiger partial charge in [0.1, 0.15) is 0 Å². The van der Waals surface area contributed by atoms with Crippen LogP contribution in [0.25, 0.3) is 0 Å². The van der Waals surface area contributed by atoms with E-state index < -0.39 is 0 Å². The van der Waals surface area contributed by atoms with Crippen LogP contribution in [0.1, 0.15) is 25.0 Å². The molecule has 1 aromatic carbocycles. The second-order valence-corrected chi connectivity index (χ2v) is 5.85. The number of aliphatic hydroxyl groups is 1. The van der Waals surface area contributed by atoms with Crippen molar-refractivity contribution in [1.29, 1.82) is 0 Å². The van der Waals surface area contributed by atoms with Crippen LogP contribution < -0.4 is 0 Å². The maximum atomic E-state index is 9.89. The molecule has 0 aromatic heterocycles. The summed E-state index contributed by atoms with van der Waals surface area (Å²) in [6, 6.07) is 8.38. The topological polar surface area (TPSA) is 20.2 Å². The van der Waals surface area contributed by atoms with Gasteiger partial charge < -0.3 is 5.11 Å². The van der Waals surface area contributed by atoms with Gasteiger partial charge in [0.25, 0.3) is 0 Å². The first-order chi connectivity index (χ1) is 7.58. The summed E-state index contributed by atoms with van der Waals surface area (Å²) >= 11 is 1.84. The molecule has 0 saturated heterocycles. The molecule has 0 spiro atoms. The highest BCUT2D eigenvalue weighted by Crippen LogP contribution is 2.13. The molecule has 0 aliphatic rings. The van der Waals surface area contributed by atoms with Crippen molar-refractivity contribution in [1.82, 2.24) is 0 Å². The Morgan fingerprint density at radius 2 is 2.00 bits per heavy atom. The molecule has 90 valence electrons. The Balaban J connectivity index is 2.31. The van der Waals surface area contributed by atoms with Gasteiger partial charge in [0.15, 0.2) is 0 Å². The molecule has 0 saturated carbocycles. The fourth-order valence-electron chi connectivity index (χ4n) is 1.61. The van der Waals surface area contributed by atoms with Crippen molar-refractivity contribution in [3.8, 4) is 0 Å². The fourth-order valence-corrected chi connectivity index (χ4v) is 2.61. The van der Waals surface area contributed by atoms with Gasteiger partial charge in [-0.05, 0) is 30.6 Å². The van der Waals surface area contributed by atoms with E-state index in [1.54, 1.807) is 0 Å². The number of hydrogen-bond donors (Lipinski definition) is 1. The third-order valence-electron chi connectivity index (χ3n) is 2.32. The number of hydrogen-bond acceptors (Lipinski definition) is 2. The van der Waals surface area contributed by atoms with Crippen molar-refractivity contribution in [3.63, 3.8) is 0 Å². The number of aryl methyl sites for hydroxylation is 1. The second kappa shape index (κ2) is 6.97. The number of rotatable bonds is 6. The van der Waals surface area contributed by atoms with E-state index in [-0.39, 0.29) is 6.10 Å². The van der Waals surface area contributed by atoms with Gasteiger partial charge >= 0.3 is 0 Å². The van der Waals surface area contributed by atoms with Gasteiger partial charge in [0.05, 0.1) is 6.10 Å². The van der Waals surface area contributed by atoms with Crippen molar-refractivity contribution in [2.45, 2.75) is 33.3 Å². The molecular formula is C14H22OS. The summed E-state index contributed by atoms with van der Waals surface area (Å²) in [7, 11) is 0. The van der Waals surface area contributed by atoms with Gasteiger partial charge in [-0.1, -0.05) is 43.7 Å². The molecule has 0 amide bonds. The quantitative estimate of drug-likeness (QED) is 0.820. The van der Waals surface area contributed by atoms with E-state index in [0.29, 0.717) is 5.92 Å². The summed E-state index contributed by atoms with van der Waals surface area (Å²) < 4.78 is 0. The molecule has 0 fully saturated rings.